The molecule has 2 aromatic heterocycles. The van der Waals surface area contributed by atoms with Gasteiger partial charge < -0.3 is 9.88 Å². The summed E-state index contributed by atoms with van der Waals surface area (Å²) in [4.78, 5) is 24.7. The van der Waals surface area contributed by atoms with Crippen molar-refractivity contribution in [2.45, 2.75) is 45.2 Å². The van der Waals surface area contributed by atoms with Crippen LogP contribution in [0.5, 0.6) is 0 Å². The SMILES string of the molecule is CC(=O)[C@H]1CC2(C[C@H](NC(=O)c3csc4ccn(Cc5ccc(-c6ccccc6)cc5)c34)C2)C1. The van der Waals surface area contributed by atoms with Gasteiger partial charge in [0.2, 0.25) is 0 Å². The van der Waals surface area contributed by atoms with E-state index in [0.29, 0.717) is 11.2 Å². The molecule has 172 valence electrons. The van der Waals surface area contributed by atoms with Gasteiger partial charge in [-0.25, -0.2) is 0 Å². The van der Waals surface area contributed by atoms with Crippen molar-refractivity contribution >= 4 is 33.2 Å². The van der Waals surface area contributed by atoms with Gasteiger partial charge in [0.25, 0.3) is 5.91 Å². The van der Waals surface area contributed by atoms with Crippen LogP contribution in [-0.2, 0) is 11.3 Å². The van der Waals surface area contributed by atoms with Gasteiger partial charge in [-0.1, -0.05) is 54.6 Å². The molecule has 0 bridgehead atoms. The molecule has 1 N–H and O–H groups in total. The molecule has 4 aromatic rings. The van der Waals surface area contributed by atoms with Crippen molar-refractivity contribution in [3.63, 3.8) is 0 Å². The first kappa shape index (κ1) is 21.4. The lowest BCUT2D eigenvalue weighted by atomic mass is 9.49. The van der Waals surface area contributed by atoms with Gasteiger partial charge in [-0.15, -0.1) is 11.3 Å². The molecule has 2 aliphatic rings. The van der Waals surface area contributed by atoms with Crippen LogP contribution in [0.3, 0.4) is 0 Å². The predicted molar refractivity (Wildman–Crippen MR) is 137 cm³/mol. The molecule has 2 aromatic carbocycles. The lowest BCUT2D eigenvalue weighted by Crippen LogP contribution is -2.57. The molecule has 0 aliphatic heterocycles. The van der Waals surface area contributed by atoms with Crippen LogP contribution in [-0.4, -0.2) is 22.3 Å². The number of hydrogen-bond donors (Lipinski definition) is 1. The molecular weight excluding hydrogens is 440 g/mol. The smallest absolute Gasteiger partial charge is 0.254 e. The van der Waals surface area contributed by atoms with Crippen molar-refractivity contribution in [2.24, 2.45) is 11.3 Å². The topological polar surface area (TPSA) is 51.1 Å². The van der Waals surface area contributed by atoms with Gasteiger partial charge in [-0.2, -0.15) is 0 Å². The van der Waals surface area contributed by atoms with Crippen LogP contribution in [0.2, 0.25) is 0 Å². The number of amides is 1. The summed E-state index contributed by atoms with van der Waals surface area (Å²) < 4.78 is 3.32. The number of nitrogens with one attached hydrogen (secondary N) is 1. The van der Waals surface area contributed by atoms with Crippen LogP contribution in [0.25, 0.3) is 21.3 Å². The largest absolute Gasteiger partial charge is 0.349 e. The van der Waals surface area contributed by atoms with E-state index in [1.54, 1.807) is 18.3 Å². The van der Waals surface area contributed by atoms with Crippen LogP contribution in [0.4, 0.5) is 0 Å². The third-order valence-corrected chi connectivity index (χ3v) is 8.71. The summed E-state index contributed by atoms with van der Waals surface area (Å²) >= 11 is 1.63. The highest BCUT2D eigenvalue weighted by Gasteiger charge is 2.54. The zero-order valence-corrected chi connectivity index (χ0v) is 20.1. The van der Waals surface area contributed by atoms with Crippen LogP contribution in [0.1, 0.15) is 48.5 Å². The molecule has 0 saturated heterocycles. The number of carbonyl (C=O) groups excluding carboxylic acids is 2. The Bertz CT molecular complexity index is 1350. The van der Waals surface area contributed by atoms with E-state index in [1.165, 1.54) is 16.7 Å². The van der Waals surface area contributed by atoms with Crippen molar-refractivity contribution in [2.75, 3.05) is 0 Å². The van der Waals surface area contributed by atoms with Crippen molar-refractivity contribution in [3.05, 3.63) is 83.4 Å². The van der Waals surface area contributed by atoms with Gasteiger partial charge in [-0.3, -0.25) is 9.59 Å². The molecule has 2 saturated carbocycles. The second-order valence-corrected chi connectivity index (χ2v) is 11.1. The molecule has 2 aliphatic carbocycles. The minimum atomic E-state index is 0.0212. The standard InChI is InChI=1S/C29H28N2O2S/c1-19(32)23-13-29(14-23)15-24(16-29)30-28(33)25-18-34-26-11-12-31(27(25)26)17-20-7-9-22(10-8-20)21-5-3-2-4-6-21/h2-12,18,23-24H,13-17H2,1H3,(H,30,33)/t23-,24-,29?. The van der Waals surface area contributed by atoms with E-state index < -0.39 is 0 Å². The van der Waals surface area contributed by atoms with Gasteiger partial charge in [0.1, 0.15) is 5.78 Å². The van der Waals surface area contributed by atoms with Crippen LogP contribution in [0, 0.1) is 11.3 Å². The number of benzene rings is 2. The highest BCUT2D eigenvalue weighted by Crippen LogP contribution is 2.58. The Kier molecular flexibility index (Phi) is 5.18. The Hall–Kier alpha value is -3.18. The van der Waals surface area contributed by atoms with Gasteiger partial charge in [-0.05, 0) is 60.8 Å². The zero-order chi connectivity index (χ0) is 23.3. The number of aromatic nitrogens is 1. The van der Waals surface area contributed by atoms with Crippen LogP contribution < -0.4 is 5.32 Å². The molecule has 2 heterocycles. The van der Waals surface area contributed by atoms with E-state index in [4.69, 9.17) is 0 Å². The number of fused-ring (bicyclic) bond motifs is 1. The van der Waals surface area contributed by atoms with E-state index >= 15 is 0 Å². The maximum absolute atomic E-state index is 13.1. The van der Waals surface area contributed by atoms with Crippen molar-refractivity contribution in [3.8, 4) is 11.1 Å². The lowest BCUT2D eigenvalue weighted by Gasteiger charge is -2.57. The highest BCUT2D eigenvalue weighted by atomic mass is 32.1. The molecule has 5 heteroatoms. The number of nitrogens with zero attached hydrogens (tertiary/aromatic N) is 1. The lowest BCUT2D eigenvalue weighted by molar-refractivity contribution is -0.134. The number of carbonyl (C=O) groups is 2. The third kappa shape index (κ3) is 3.78. The van der Waals surface area contributed by atoms with E-state index in [9.17, 15) is 9.59 Å². The fourth-order valence-corrected chi connectivity index (χ4v) is 6.84. The van der Waals surface area contributed by atoms with Gasteiger partial charge >= 0.3 is 0 Å². The number of ketones is 1. The molecule has 4 nitrogen and oxygen atoms in total. The molecule has 1 spiro atoms. The van der Waals surface area contributed by atoms with E-state index in [-0.39, 0.29) is 17.9 Å². The zero-order valence-electron chi connectivity index (χ0n) is 19.3. The minimum Gasteiger partial charge on any atom is -0.349 e. The first-order chi connectivity index (χ1) is 16.5. The second-order valence-electron chi connectivity index (χ2n) is 10.2. The molecular formula is C29H28N2O2S. The quantitative estimate of drug-likeness (QED) is 0.361. The summed E-state index contributed by atoms with van der Waals surface area (Å²) in [5, 5.41) is 5.24. The third-order valence-electron chi connectivity index (χ3n) is 7.77. The number of Topliss-reactive ketones (excluding diaryl/α,β-unsaturated/α-hetero) is 1. The van der Waals surface area contributed by atoms with Crippen molar-refractivity contribution in [1.82, 2.24) is 9.88 Å². The number of rotatable bonds is 6. The molecule has 1 amide bonds. The molecule has 0 radical (unpaired) electrons. The van der Waals surface area contributed by atoms with E-state index in [1.807, 2.05) is 11.4 Å². The Balaban J connectivity index is 1.14. The van der Waals surface area contributed by atoms with E-state index in [0.717, 1.165) is 48.0 Å². The molecule has 34 heavy (non-hydrogen) atoms. The van der Waals surface area contributed by atoms with Gasteiger partial charge in [0.15, 0.2) is 0 Å². The summed E-state index contributed by atoms with van der Waals surface area (Å²) in [6.07, 6.45) is 6.10. The average Bonchev–Trinajstić information content (AvgIpc) is 3.38. The fourth-order valence-electron chi connectivity index (χ4n) is 5.89. The maximum atomic E-state index is 13.1. The normalized spacial score (nSPS) is 23.4. The minimum absolute atomic E-state index is 0.0212. The van der Waals surface area contributed by atoms with Crippen LogP contribution >= 0.6 is 11.3 Å². The Labute approximate surface area is 203 Å². The second kappa shape index (κ2) is 8.24. The molecule has 6 rings (SSSR count). The first-order valence-electron chi connectivity index (χ1n) is 12.0. The molecule has 0 unspecified atom stereocenters. The Morgan fingerprint density at radius 2 is 1.68 bits per heavy atom. The first-order valence-corrected chi connectivity index (χ1v) is 12.9. The highest BCUT2D eigenvalue weighted by molar-refractivity contribution is 7.17. The Morgan fingerprint density at radius 1 is 0.971 bits per heavy atom. The van der Waals surface area contributed by atoms with Crippen LogP contribution in [0.15, 0.2) is 72.2 Å². The summed E-state index contributed by atoms with van der Waals surface area (Å²) in [6, 6.07) is 21.4. The number of thiophene rings is 1. The predicted octanol–water partition coefficient (Wildman–Crippen LogP) is 6.30. The number of hydrogen-bond acceptors (Lipinski definition) is 3. The van der Waals surface area contributed by atoms with Gasteiger partial charge in [0, 0.05) is 30.1 Å². The summed E-state index contributed by atoms with van der Waals surface area (Å²) in [5.74, 6) is 0.584. The van der Waals surface area contributed by atoms with Crippen molar-refractivity contribution in [1.29, 1.82) is 0 Å². The van der Waals surface area contributed by atoms with Crippen molar-refractivity contribution < 1.29 is 9.59 Å². The summed E-state index contributed by atoms with van der Waals surface area (Å²) in [5.41, 5.74) is 5.72. The van der Waals surface area contributed by atoms with E-state index in [2.05, 4.69) is 70.7 Å². The Morgan fingerprint density at radius 3 is 2.38 bits per heavy atom. The monoisotopic (exact) mass is 468 g/mol. The summed E-state index contributed by atoms with van der Waals surface area (Å²) in [7, 11) is 0. The maximum Gasteiger partial charge on any atom is 0.254 e. The molecule has 0 atom stereocenters. The van der Waals surface area contributed by atoms with Gasteiger partial charge in [0.05, 0.1) is 15.8 Å². The molecule has 2 fully saturated rings. The average molecular weight is 469 g/mol. The summed E-state index contributed by atoms with van der Waals surface area (Å²) in [6.45, 7) is 2.43. The fraction of sp³-hybridized carbons (Fsp3) is 0.310.